The van der Waals surface area contributed by atoms with E-state index in [0.717, 1.165) is 49.6 Å². The Hall–Kier alpha value is -1.77. The normalized spacial score (nSPS) is 18.5. The first-order chi connectivity index (χ1) is 12.2. The summed E-state index contributed by atoms with van der Waals surface area (Å²) in [7, 11) is 0. The second kappa shape index (κ2) is 7.09. The summed E-state index contributed by atoms with van der Waals surface area (Å²) in [4.78, 5) is 24.9. The number of nitrogens with zero attached hydrogens (tertiary/aromatic N) is 2. The zero-order valence-corrected chi connectivity index (χ0v) is 15.0. The number of amides is 1. The van der Waals surface area contributed by atoms with Crippen LogP contribution in [0.4, 0.5) is 18.9 Å². The van der Waals surface area contributed by atoms with Crippen molar-refractivity contribution in [3.8, 4) is 0 Å². The first kappa shape index (κ1) is 19.0. The molecule has 142 valence electrons. The van der Waals surface area contributed by atoms with Gasteiger partial charge in [0.05, 0.1) is 21.1 Å². The molecule has 1 aromatic rings. The maximum absolute atomic E-state index is 12.8. The van der Waals surface area contributed by atoms with E-state index in [2.05, 4.69) is 0 Å². The molecule has 2 saturated carbocycles. The lowest BCUT2D eigenvalue weighted by Gasteiger charge is -2.29. The van der Waals surface area contributed by atoms with Gasteiger partial charge in [-0.15, -0.1) is 11.8 Å². The van der Waals surface area contributed by atoms with Gasteiger partial charge in [-0.25, -0.2) is 0 Å². The van der Waals surface area contributed by atoms with Crippen LogP contribution < -0.4 is 0 Å². The minimum atomic E-state index is -4.65. The molecule has 0 saturated heterocycles. The highest BCUT2D eigenvalue weighted by Gasteiger charge is 2.41. The monoisotopic (exact) mass is 388 g/mol. The lowest BCUT2D eigenvalue weighted by atomic mass is 10.2. The maximum atomic E-state index is 12.8. The topological polar surface area (TPSA) is 63.5 Å². The molecule has 5 nitrogen and oxygen atoms in total. The molecule has 26 heavy (non-hydrogen) atoms. The van der Waals surface area contributed by atoms with Crippen molar-refractivity contribution in [2.75, 3.05) is 5.75 Å². The van der Waals surface area contributed by atoms with Gasteiger partial charge in [-0.1, -0.05) is 0 Å². The standard InChI is InChI=1S/C17H19F3N2O3S/c1-10(11-2-3-11)21(13-5-6-13)16(23)9-26-15-7-4-12(17(18,19)20)8-14(15)22(24)25/h4,7-8,10-11,13H,2-3,5-6,9H2,1H3. The summed E-state index contributed by atoms with van der Waals surface area (Å²) in [6, 6.07) is 2.80. The third kappa shape index (κ3) is 4.31. The zero-order valence-electron chi connectivity index (χ0n) is 14.2. The van der Waals surface area contributed by atoms with Gasteiger partial charge in [0.25, 0.3) is 5.69 Å². The lowest BCUT2D eigenvalue weighted by Crippen LogP contribution is -2.42. The molecule has 0 aliphatic heterocycles. The molecule has 0 aromatic heterocycles. The molecule has 0 spiro atoms. The molecule has 1 unspecified atom stereocenters. The highest BCUT2D eigenvalue weighted by Crippen LogP contribution is 2.41. The van der Waals surface area contributed by atoms with E-state index in [-0.39, 0.29) is 28.6 Å². The Kier molecular flexibility index (Phi) is 5.18. The van der Waals surface area contributed by atoms with Gasteiger partial charge in [0.2, 0.25) is 5.91 Å². The number of benzene rings is 1. The Labute approximate surface area is 153 Å². The second-order valence-corrected chi connectivity index (χ2v) is 7.85. The van der Waals surface area contributed by atoms with Gasteiger partial charge < -0.3 is 4.90 Å². The lowest BCUT2D eigenvalue weighted by molar-refractivity contribution is -0.388. The molecule has 0 N–H and O–H groups in total. The molecule has 2 aliphatic rings. The number of alkyl halides is 3. The van der Waals surface area contributed by atoms with Crippen LogP contribution in [0.5, 0.6) is 0 Å². The van der Waals surface area contributed by atoms with Crippen molar-refractivity contribution in [2.45, 2.75) is 55.8 Å². The van der Waals surface area contributed by atoms with E-state index >= 15 is 0 Å². The Morgan fingerprint density at radius 3 is 2.50 bits per heavy atom. The Morgan fingerprint density at radius 1 is 1.35 bits per heavy atom. The summed E-state index contributed by atoms with van der Waals surface area (Å²) in [6.45, 7) is 2.03. The van der Waals surface area contributed by atoms with Crippen LogP contribution in [0.3, 0.4) is 0 Å². The third-order valence-corrected chi connectivity index (χ3v) is 5.85. The van der Waals surface area contributed by atoms with Gasteiger partial charge in [-0.05, 0) is 50.7 Å². The number of hydrogen-bond acceptors (Lipinski definition) is 4. The van der Waals surface area contributed by atoms with Gasteiger partial charge in [-0.2, -0.15) is 13.2 Å². The highest BCUT2D eigenvalue weighted by atomic mass is 32.2. The van der Waals surface area contributed by atoms with Gasteiger partial charge in [0.1, 0.15) is 0 Å². The molecule has 3 rings (SSSR count). The van der Waals surface area contributed by atoms with Crippen molar-refractivity contribution in [2.24, 2.45) is 5.92 Å². The number of nitro benzene ring substituents is 1. The third-order valence-electron chi connectivity index (χ3n) is 4.81. The molecule has 9 heteroatoms. The predicted molar refractivity (Wildman–Crippen MR) is 90.9 cm³/mol. The summed E-state index contributed by atoms with van der Waals surface area (Å²) in [6.07, 6.45) is -0.502. The van der Waals surface area contributed by atoms with Crippen LogP contribution in [0.15, 0.2) is 23.1 Å². The molecular weight excluding hydrogens is 369 g/mol. The van der Waals surface area contributed by atoms with Crippen LogP contribution in [0.1, 0.15) is 38.2 Å². The van der Waals surface area contributed by atoms with E-state index in [1.54, 1.807) is 0 Å². The Bertz CT molecular complexity index is 718. The van der Waals surface area contributed by atoms with Gasteiger partial charge in [-0.3, -0.25) is 14.9 Å². The number of hydrogen-bond donors (Lipinski definition) is 0. The minimum Gasteiger partial charge on any atom is -0.336 e. The fourth-order valence-electron chi connectivity index (χ4n) is 3.09. The van der Waals surface area contributed by atoms with E-state index in [9.17, 15) is 28.1 Å². The van der Waals surface area contributed by atoms with Crippen LogP contribution >= 0.6 is 11.8 Å². The van der Waals surface area contributed by atoms with Crippen molar-refractivity contribution in [1.29, 1.82) is 0 Å². The molecule has 2 fully saturated rings. The smallest absolute Gasteiger partial charge is 0.336 e. The molecule has 1 atom stereocenters. The average Bonchev–Trinajstić information content (AvgIpc) is 3.44. The number of rotatable bonds is 7. The zero-order chi connectivity index (χ0) is 19.1. The van der Waals surface area contributed by atoms with Crippen molar-refractivity contribution < 1.29 is 22.9 Å². The van der Waals surface area contributed by atoms with Crippen LogP contribution in [-0.4, -0.2) is 33.6 Å². The second-order valence-electron chi connectivity index (χ2n) is 6.84. The largest absolute Gasteiger partial charge is 0.416 e. The van der Waals surface area contributed by atoms with E-state index in [1.807, 2.05) is 11.8 Å². The summed E-state index contributed by atoms with van der Waals surface area (Å²) in [5.74, 6) is 0.399. The van der Waals surface area contributed by atoms with E-state index in [1.165, 1.54) is 0 Å². The molecule has 1 aromatic carbocycles. The summed E-state index contributed by atoms with van der Waals surface area (Å²) >= 11 is 0.926. The molecule has 2 aliphatic carbocycles. The van der Waals surface area contributed by atoms with E-state index in [4.69, 9.17) is 0 Å². The summed E-state index contributed by atoms with van der Waals surface area (Å²) < 4.78 is 38.3. The van der Waals surface area contributed by atoms with Crippen molar-refractivity contribution in [3.05, 3.63) is 33.9 Å². The van der Waals surface area contributed by atoms with Crippen LogP contribution in [0.25, 0.3) is 0 Å². The summed E-state index contributed by atoms with van der Waals surface area (Å²) in [5, 5.41) is 11.1. The molecule has 0 bridgehead atoms. The van der Waals surface area contributed by atoms with Gasteiger partial charge in [0.15, 0.2) is 0 Å². The quantitative estimate of drug-likeness (QED) is 0.392. The van der Waals surface area contributed by atoms with E-state index in [0.29, 0.717) is 12.0 Å². The number of nitro groups is 1. The van der Waals surface area contributed by atoms with Gasteiger partial charge >= 0.3 is 6.18 Å². The Morgan fingerprint density at radius 2 is 2.00 bits per heavy atom. The molecule has 1 amide bonds. The van der Waals surface area contributed by atoms with Crippen LogP contribution in [0.2, 0.25) is 0 Å². The van der Waals surface area contributed by atoms with Crippen LogP contribution in [0, 0.1) is 16.0 Å². The maximum Gasteiger partial charge on any atom is 0.416 e. The Balaban J connectivity index is 1.71. The van der Waals surface area contributed by atoms with Gasteiger partial charge in [0, 0.05) is 18.2 Å². The first-order valence-corrected chi connectivity index (χ1v) is 9.46. The fourth-order valence-corrected chi connectivity index (χ4v) is 3.97. The molecular formula is C17H19F3N2O3S. The molecule has 0 heterocycles. The molecule has 0 radical (unpaired) electrons. The summed E-state index contributed by atoms with van der Waals surface area (Å²) in [5.41, 5.74) is -1.69. The number of thioether (sulfide) groups is 1. The highest BCUT2D eigenvalue weighted by molar-refractivity contribution is 8.00. The number of halogens is 3. The first-order valence-electron chi connectivity index (χ1n) is 8.48. The van der Waals surface area contributed by atoms with Crippen molar-refractivity contribution >= 4 is 23.4 Å². The average molecular weight is 388 g/mol. The SMILES string of the molecule is CC(C1CC1)N(C(=O)CSc1ccc(C(F)(F)F)cc1[N+](=O)[O-])C1CC1. The number of carbonyl (C=O) groups excluding carboxylic acids is 1. The van der Waals surface area contributed by atoms with Crippen molar-refractivity contribution in [3.63, 3.8) is 0 Å². The minimum absolute atomic E-state index is 0.0141. The van der Waals surface area contributed by atoms with E-state index < -0.39 is 22.4 Å². The predicted octanol–water partition coefficient (Wildman–Crippen LogP) is 4.50. The van der Waals surface area contributed by atoms with Crippen LogP contribution in [-0.2, 0) is 11.0 Å². The van der Waals surface area contributed by atoms with Crippen molar-refractivity contribution in [1.82, 2.24) is 4.90 Å². The number of carbonyl (C=O) groups is 1. The fraction of sp³-hybridized carbons (Fsp3) is 0.588.